The molecule has 2 N–H and O–H groups in total. The van der Waals surface area contributed by atoms with E-state index in [-0.39, 0.29) is 18.1 Å². The molecule has 0 aliphatic carbocycles. The summed E-state index contributed by atoms with van der Waals surface area (Å²) in [6.45, 7) is 2.80. The van der Waals surface area contributed by atoms with Crippen molar-refractivity contribution in [2.24, 2.45) is 0 Å². The fraction of sp³-hybridized carbons (Fsp3) is 0.304. The van der Waals surface area contributed by atoms with Crippen molar-refractivity contribution in [1.82, 2.24) is 15.4 Å². The molecule has 2 atom stereocenters. The fourth-order valence-corrected chi connectivity index (χ4v) is 3.37. The van der Waals surface area contributed by atoms with Crippen LogP contribution in [0, 0.1) is 0 Å². The van der Waals surface area contributed by atoms with Gasteiger partial charge >= 0.3 is 0 Å². The molecule has 1 fully saturated rings. The van der Waals surface area contributed by atoms with E-state index in [0.717, 1.165) is 47.2 Å². The van der Waals surface area contributed by atoms with Gasteiger partial charge in [-0.25, -0.2) is 15.3 Å². The fourth-order valence-electron chi connectivity index (χ4n) is 3.37. The number of carbonyl (C=O) groups excluding carboxylic acids is 1. The van der Waals surface area contributed by atoms with Gasteiger partial charge in [0.2, 0.25) is 0 Å². The predicted molar refractivity (Wildman–Crippen MR) is 112 cm³/mol. The summed E-state index contributed by atoms with van der Waals surface area (Å²) in [5.41, 5.74) is 6.53. The van der Waals surface area contributed by atoms with Gasteiger partial charge in [0.1, 0.15) is 5.82 Å². The Kier molecular flexibility index (Phi) is 6.03. The zero-order valence-corrected chi connectivity index (χ0v) is 16.4. The molecule has 29 heavy (non-hydrogen) atoms. The van der Waals surface area contributed by atoms with Gasteiger partial charge < -0.3 is 9.72 Å². The Morgan fingerprint density at radius 2 is 2.07 bits per heavy atom. The van der Waals surface area contributed by atoms with Gasteiger partial charge in [-0.1, -0.05) is 43.3 Å². The second-order valence-corrected chi connectivity index (χ2v) is 7.24. The molecule has 3 aromatic rings. The monoisotopic (exact) mass is 391 g/mol. The number of nitrogens with one attached hydrogen (secondary N) is 2. The smallest absolute Gasteiger partial charge is 0.267 e. The van der Waals surface area contributed by atoms with Crippen LogP contribution < -0.4 is 5.48 Å². The number of benzene rings is 2. The molecule has 1 amide bonds. The Morgan fingerprint density at radius 1 is 1.24 bits per heavy atom. The summed E-state index contributed by atoms with van der Waals surface area (Å²) < 4.78 is 5.41. The molecule has 6 heteroatoms. The third-order valence-corrected chi connectivity index (χ3v) is 5.11. The molecule has 0 bridgehead atoms. The van der Waals surface area contributed by atoms with Crippen LogP contribution in [0.5, 0.6) is 0 Å². The maximum absolute atomic E-state index is 11.9. The minimum Gasteiger partial charge on any atom is -0.350 e. The SMILES string of the molecule is C[C@@H](c1ccc(/C=C/C(=O)NOC2CCCCO2)cc1)c1nc2ccccc2[nH]1. The Bertz CT molecular complexity index is 955. The van der Waals surface area contributed by atoms with Crippen LogP contribution in [0.2, 0.25) is 0 Å². The summed E-state index contributed by atoms with van der Waals surface area (Å²) in [6, 6.07) is 16.1. The zero-order chi connectivity index (χ0) is 20.1. The summed E-state index contributed by atoms with van der Waals surface area (Å²) >= 11 is 0. The summed E-state index contributed by atoms with van der Waals surface area (Å²) in [7, 11) is 0. The average Bonchev–Trinajstić information content (AvgIpc) is 3.21. The minimum absolute atomic E-state index is 0.146. The highest BCUT2D eigenvalue weighted by Crippen LogP contribution is 2.24. The van der Waals surface area contributed by atoms with Crippen molar-refractivity contribution in [1.29, 1.82) is 0 Å². The van der Waals surface area contributed by atoms with Crippen molar-refractivity contribution >= 4 is 23.0 Å². The van der Waals surface area contributed by atoms with Crippen LogP contribution in [-0.2, 0) is 14.4 Å². The van der Waals surface area contributed by atoms with Gasteiger partial charge in [0, 0.05) is 25.0 Å². The van der Waals surface area contributed by atoms with Crippen LogP contribution >= 0.6 is 0 Å². The molecular formula is C23H25N3O3. The summed E-state index contributed by atoms with van der Waals surface area (Å²) in [5, 5.41) is 0. The number of fused-ring (bicyclic) bond motifs is 1. The third-order valence-electron chi connectivity index (χ3n) is 5.11. The zero-order valence-electron chi connectivity index (χ0n) is 16.4. The van der Waals surface area contributed by atoms with Gasteiger partial charge in [0.15, 0.2) is 6.29 Å². The number of hydrogen-bond donors (Lipinski definition) is 2. The second-order valence-electron chi connectivity index (χ2n) is 7.24. The van der Waals surface area contributed by atoms with Gasteiger partial charge in [0.25, 0.3) is 5.91 Å². The summed E-state index contributed by atoms with van der Waals surface area (Å²) in [4.78, 5) is 25.3. The molecule has 6 nitrogen and oxygen atoms in total. The number of rotatable bonds is 6. The largest absolute Gasteiger partial charge is 0.350 e. The Balaban J connectivity index is 1.34. The number of H-pyrrole nitrogens is 1. The molecule has 2 aromatic carbocycles. The van der Waals surface area contributed by atoms with Crippen LogP contribution in [-0.4, -0.2) is 28.8 Å². The molecule has 150 valence electrons. The molecule has 0 saturated carbocycles. The van der Waals surface area contributed by atoms with Gasteiger partial charge in [-0.05, 0) is 42.2 Å². The van der Waals surface area contributed by atoms with Crippen LogP contribution in [0.4, 0.5) is 0 Å². The number of aromatic amines is 1. The molecule has 0 spiro atoms. The molecule has 1 unspecified atom stereocenters. The Morgan fingerprint density at radius 3 is 2.83 bits per heavy atom. The molecule has 4 rings (SSSR count). The van der Waals surface area contributed by atoms with E-state index in [1.807, 2.05) is 36.4 Å². The second kappa shape index (κ2) is 9.03. The molecule has 1 saturated heterocycles. The maximum Gasteiger partial charge on any atom is 0.267 e. The van der Waals surface area contributed by atoms with Crippen LogP contribution in [0.15, 0.2) is 54.6 Å². The highest BCUT2D eigenvalue weighted by atomic mass is 16.8. The van der Waals surface area contributed by atoms with Crippen molar-refractivity contribution < 1.29 is 14.4 Å². The minimum atomic E-state index is -0.347. The molecule has 1 aliphatic rings. The lowest BCUT2D eigenvalue weighted by Crippen LogP contribution is -2.32. The van der Waals surface area contributed by atoms with E-state index in [0.29, 0.717) is 6.61 Å². The van der Waals surface area contributed by atoms with Crippen molar-refractivity contribution in [3.8, 4) is 0 Å². The van der Waals surface area contributed by atoms with Crippen LogP contribution in [0.25, 0.3) is 17.1 Å². The number of nitrogens with zero attached hydrogens (tertiary/aromatic N) is 1. The molecule has 2 heterocycles. The van der Waals surface area contributed by atoms with Gasteiger partial charge in [-0.15, -0.1) is 0 Å². The molecule has 1 aliphatic heterocycles. The summed E-state index contributed by atoms with van der Waals surface area (Å²) in [5.74, 6) is 0.780. The van der Waals surface area contributed by atoms with Crippen molar-refractivity contribution in [2.75, 3.05) is 6.61 Å². The first-order valence-corrected chi connectivity index (χ1v) is 9.99. The highest BCUT2D eigenvalue weighted by molar-refractivity contribution is 5.90. The number of hydrogen-bond acceptors (Lipinski definition) is 4. The number of aromatic nitrogens is 2. The quantitative estimate of drug-likeness (QED) is 0.485. The van der Waals surface area contributed by atoms with E-state index in [9.17, 15) is 4.79 Å². The summed E-state index contributed by atoms with van der Waals surface area (Å²) in [6.07, 6.45) is 5.76. The van der Waals surface area contributed by atoms with E-state index >= 15 is 0 Å². The number of para-hydroxylation sites is 2. The lowest BCUT2D eigenvalue weighted by Gasteiger charge is -2.21. The van der Waals surface area contributed by atoms with E-state index in [4.69, 9.17) is 9.57 Å². The van der Waals surface area contributed by atoms with E-state index in [1.165, 1.54) is 6.08 Å². The molecule has 1 aromatic heterocycles. The Labute approximate surface area is 169 Å². The van der Waals surface area contributed by atoms with E-state index in [1.54, 1.807) is 6.08 Å². The van der Waals surface area contributed by atoms with Crippen LogP contribution in [0.3, 0.4) is 0 Å². The number of ether oxygens (including phenoxy) is 1. The predicted octanol–water partition coefficient (Wildman–Crippen LogP) is 4.30. The lowest BCUT2D eigenvalue weighted by molar-refractivity contribution is -0.198. The topological polar surface area (TPSA) is 76.2 Å². The van der Waals surface area contributed by atoms with Crippen molar-refractivity contribution in [3.63, 3.8) is 0 Å². The first-order chi connectivity index (χ1) is 14.2. The van der Waals surface area contributed by atoms with Gasteiger partial charge in [-0.3, -0.25) is 4.79 Å². The van der Waals surface area contributed by atoms with E-state index < -0.39 is 0 Å². The number of hydroxylamine groups is 1. The van der Waals surface area contributed by atoms with Gasteiger partial charge in [0.05, 0.1) is 11.0 Å². The first-order valence-electron chi connectivity index (χ1n) is 9.99. The lowest BCUT2D eigenvalue weighted by atomic mass is 9.99. The normalized spacial score (nSPS) is 18.2. The average molecular weight is 391 g/mol. The Hall–Kier alpha value is -2.96. The number of imidazole rings is 1. The van der Waals surface area contributed by atoms with Crippen molar-refractivity contribution in [3.05, 3.63) is 71.6 Å². The first kappa shape index (κ1) is 19.4. The maximum atomic E-state index is 11.9. The van der Waals surface area contributed by atoms with Gasteiger partial charge in [-0.2, -0.15) is 0 Å². The van der Waals surface area contributed by atoms with E-state index in [2.05, 4.69) is 34.5 Å². The highest BCUT2D eigenvalue weighted by Gasteiger charge is 2.15. The molecule has 0 radical (unpaired) electrons. The van der Waals surface area contributed by atoms with Crippen molar-refractivity contribution in [2.45, 2.75) is 38.4 Å². The van der Waals surface area contributed by atoms with Crippen LogP contribution in [0.1, 0.15) is 49.1 Å². The number of amides is 1. The standard InChI is InChI=1S/C23H25N3O3/c1-16(23-24-19-6-2-3-7-20(19)25-23)18-12-9-17(10-13-18)11-14-21(27)26-29-22-8-4-5-15-28-22/h2-3,6-7,9-14,16,22H,4-5,8,15H2,1H3,(H,24,25)(H,26,27)/b14-11+/t16-,22?/m0/s1. The molecular weight excluding hydrogens is 366 g/mol. The number of carbonyl (C=O) groups is 1. The third kappa shape index (κ3) is 4.91.